The van der Waals surface area contributed by atoms with Crippen molar-refractivity contribution >= 4 is 28.3 Å². The summed E-state index contributed by atoms with van der Waals surface area (Å²) in [5.74, 6) is -0.609. The van der Waals surface area contributed by atoms with E-state index in [1.165, 1.54) is 6.07 Å². The zero-order valence-corrected chi connectivity index (χ0v) is 11.7. The number of nitrogens with zero attached hydrogens (tertiary/aromatic N) is 1. The van der Waals surface area contributed by atoms with Gasteiger partial charge in [0, 0.05) is 11.6 Å². The lowest BCUT2D eigenvalue weighted by atomic mass is 10.1. The largest absolute Gasteiger partial charge is 0.870 e. The normalized spacial score (nSPS) is 10.9. The van der Waals surface area contributed by atoms with Crippen LogP contribution in [0.25, 0.3) is 22.3 Å². The third kappa shape index (κ3) is 2.29. The van der Waals surface area contributed by atoms with Crippen LogP contribution in [0.3, 0.4) is 0 Å². The summed E-state index contributed by atoms with van der Waals surface area (Å²) in [4.78, 5) is 12.2. The monoisotopic (exact) mass is 318 g/mol. The Bertz CT molecular complexity index is 919. The van der Waals surface area contributed by atoms with Gasteiger partial charge in [-0.3, -0.25) is 15.2 Å². The molecule has 22 heavy (non-hydrogen) atoms. The maximum atomic E-state index is 12.2. The smallest absolute Gasteiger partial charge is 0.192 e. The van der Waals surface area contributed by atoms with Gasteiger partial charge in [-0.15, -0.1) is 5.23 Å². The number of rotatable bonds is 2. The molecule has 0 spiro atoms. The van der Waals surface area contributed by atoms with Crippen molar-refractivity contribution in [2.24, 2.45) is 0 Å². The number of hydrogen-bond acceptors (Lipinski definition) is 6. The molecule has 0 atom stereocenters. The molecule has 3 rings (SSSR count). The van der Waals surface area contributed by atoms with Crippen LogP contribution >= 0.6 is 11.6 Å². The Morgan fingerprint density at radius 1 is 1.14 bits per heavy atom. The minimum Gasteiger partial charge on any atom is -0.870 e. The average molecular weight is 319 g/mol. The molecule has 3 aromatic rings. The quantitative estimate of drug-likeness (QED) is 0.705. The van der Waals surface area contributed by atoms with Crippen molar-refractivity contribution in [3.8, 4) is 17.1 Å². The van der Waals surface area contributed by atoms with E-state index >= 15 is 0 Å². The Morgan fingerprint density at radius 3 is 2.55 bits per heavy atom. The van der Waals surface area contributed by atoms with Crippen molar-refractivity contribution in [1.29, 1.82) is 0 Å². The van der Waals surface area contributed by atoms with Gasteiger partial charge in [0.05, 0.1) is 16.1 Å². The zero-order valence-electron chi connectivity index (χ0n) is 11.0. The van der Waals surface area contributed by atoms with E-state index in [1.807, 2.05) is 0 Å². The fourth-order valence-electron chi connectivity index (χ4n) is 2.16. The Labute approximate surface area is 128 Å². The van der Waals surface area contributed by atoms with Gasteiger partial charge in [0.2, 0.25) is 0 Å². The summed E-state index contributed by atoms with van der Waals surface area (Å²) in [6.07, 6.45) is 0. The molecular weight excluding hydrogens is 310 g/mol. The van der Waals surface area contributed by atoms with E-state index in [-0.39, 0.29) is 22.0 Å². The molecule has 0 unspecified atom stereocenters. The van der Waals surface area contributed by atoms with E-state index < -0.39 is 16.9 Å². The molecule has 0 aliphatic heterocycles. The first-order chi connectivity index (χ1) is 10.5. The molecule has 7 heteroatoms. The first-order valence-corrected chi connectivity index (χ1v) is 6.57. The molecule has 0 aliphatic carbocycles. The number of fused-ring (bicyclic) bond motifs is 1. The lowest BCUT2D eigenvalue weighted by molar-refractivity contribution is -0.266. The molecule has 112 valence electrons. The highest BCUT2D eigenvalue weighted by molar-refractivity contribution is 6.33. The second-order valence-corrected chi connectivity index (χ2v) is 4.94. The minimum absolute atomic E-state index is 0.0398. The maximum Gasteiger partial charge on any atom is 0.192 e. The van der Waals surface area contributed by atoms with Crippen LogP contribution in [0.2, 0.25) is 5.02 Å². The molecule has 2 N–H and O–H groups in total. The highest BCUT2D eigenvalue weighted by Gasteiger charge is 2.12. The van der Waals surface area contributed by atoms with Crippen LogP contribution in [0.1, 0.15) is 0 Å². The molecular formula is C15H9ClNO5-. The van der Waals surface area contributed by atoms with Gasteiger partial charge in [-0.2, -0.15) is 0 Å². The Morgan fingerprint density at radius 2 is 1.86 bits per heavy atom. The van der Waals surface area contributed by atoms with E-state index in [2.05, 4.69) is 0 Å². The molecule has 0 fully saturated rings. The van der Waals surface area contributed by atoms with E-state index in [4.69, 9.17) is 26.4 Å². The fraction of sp³-hybridized carbons (Fsp3) is 0. The van der Waals surface area contributed by atoms with Crippen molar-refractivity contribution < 1.29 is 19.9 Å². The van der Waals surface area contributed by atoms with Crippen LogP contribution < -0.4 is 15.8 Å². The number of anilines is 1. The second kappa shape index (κ2) is 5.34. The molecule has 0 aliphatic rings. The molecule has 0 saturated carbocycles. The fourth-order valence-corrected chi connectivity index (χ4v) is 2.39. The van der Waals surface area contributed by atoms with E-state index in [0.717, 1.165) is 12.1 Å². The van der Waals surface area contributed by atoms with E-state index in [9.17, 15) is 9.90 Å². The third-order valence-electron chi connectivity index (χ3n) is 3.18. The van der Waals surface area contributed by atoms with Gasteiger partial charge in [-0.25, -0.2) is 0 Å². The Kier molecular flexibility index (Phi) is 3.50. The average Bonchev–Trinajstić information content (AvgIpc) is 2.47. The predicted octanol–water partition coefficient (Wildman–Crippen LogP) is 2.77. The van der Waals surface area contributed by atoms with Crippen LogP contribution in [0, 0.1) is 0 Å². The first-order valence-electron chi connectivity index (χ1n) is 6.19. The van der Waals surface area contributed by atoms with Crippen molar-refractivity contribution in [1.82, 2.24) is 0 Å². The summed E-state index contributed by atoms with van der Waals surface area (Å²) in [6.45, 7) is 0. The van der Waals surface area contributed by atoms with Gasteiger partial charge in [-0.1, -0.05) is 29.5 Å². The topological polar surface area (TPSA) is 97.0 Å². The van der Waals surface area contributed by atoms with E-state index in [1.54, 1.807) is 24.3 Å². The molecule has 0 saturated heterocycles. The highest BCUT2D eigenvalue weighted by Crippen LogP contribution is 2.33. The molecule has 0 amide bonds. The molecule has 6 nitrogen and oxygen atoms in total. The first kappa shape index (κ1) is 14.4. The van der Waals surface area contributed by atoms with Crippen LogP contribution in [0.4, 0.5) is 5.69 Å². The van der Waals surface area contributed by atoms with Gasteiger partial charge >= 0.3 is 0 Å². The lowest BCUT2D eigenvalue weighted by Crippen LogP contribution is -2.15. The van der Waals surface area contributed by atoms with E-state index in [0.29, 0.717) is 10.6 Å². The number of hydrogen-bond donors (Lipinski definition) is 2. The molecule has 0 radical (unpaired) electrons. The van der Waals surface area contributed by atoms with Gasteiger partial charge in [0.25, 0.3) is 0 Å². The van der Waals surface area contributed by atoms with Crippen LogP contribution in [0.5, 0.6) is 5.75 Å². The molecule has 2 aromatic carbocycles. The highest BCUT2D eigenvalue weighted by atomic mass is 35.5. The summed E-state index contributed by atoms with van der Waals surface area (Å²) in [7, 11) is 0. The zero-order chi connectivity index (χ0) is 15.9. The van der Waals surface area contributed by atoms with Crippen LogP contribution in [-0.4, -0.2) is 10.4 Å². The number of benzene rings is 2. The Balaban J connectivity index is 2.30. The number of halogens is 1. The van der Waals surface area contributed by atoms with Crippen molar-refractivity contribution in [3.63, 3.8) is 0 Å². The standard InChI is InChI=1S/C15H10ClNO5/c16-9-4-2-1-3-8(9)13-7-11(18)14-12(22-13)6-5-10(15(14)19)17(20)21/h1-7,19-21H/p-1. The van der Waals surface area contributed by atoms with Gasteiger partial charge in [0.1, 0.15) is 11.3 Å². The maximum absolute atomic E-state index is 12.2. The summed E-state index contributed by atoms with van der Waals surface area (Å²) in [5, 5.41) is 29.8. The molecule has 1 heterocycles. The Hall–Kier alpha value is -2.54. The van der Waals surface area contributed by atoms with Crippen LogP contribution in [-0.2, 0) is 0 Å². The molecule has 1 aromatic heterocycles. The summed E-state index contributed by atoms with van der Waals surface area (Å²) < 4.78 is 5.56. The summed E-state index contributed by atoms with van der Waals surface area (Å²) >= 11 is 6.06. The minimum atomic E-state index is -0.832. The van der Waals surface area contributed by atoms with Crippen molar-refractivity contribution in [2.45, 2.75) is 0 Å². The van der Waals surface area contributed by atoms with Gasteiger partial charge in [0.15, 0.2) is 5.43 Å². The van der Waals surface area contributed by atoms with Crippen molar-refractivity contribution in [2.75, 3.05) is 5.23 Å². The molecule has 0 bridgehead atoms. The van der Waals surface area contributed by atoms with Crippen LogP contribution in [0.15, 0.2) is 51.7 Å². The van der Waals surface area contributed by atoms with Crippen molar-refractivity contribution in [3.05, 3.63) is 57.7 Å². The third-order valence-corrected chi connectivity index (χ3v) is 3.51. The lowest BCUT2D eigenvalue weighted by Gasteiger charge is -2.18. The second-order valence-electron chi connectivity index (χ2n) is 4.53. The van der Waals surface area contributed by atoms with Gasteiger partial charge < -0.3 is 9.52 Å². The van der Waals surface area contributed by atoms with Gasteiger partial charge in [-0.05, 0) is 24.3 Å². The predicted molar refractivity (Wildman–Crippen MR) is 78.4 cm³/mol. The summed E-state index contributed by atoms with van der Waals surface area (Å²) in [6, 6.07) is 10.4. The SMILES string of the molecule is O=c1cc(-c2ccccc2Cl)oc2ccc(N(O)O)c([O-])c12. The summed E-state index contributed by atoms with van der Waals surface area (Å²) in [5.41, 5.74) is -0.473.